The Morgan fingerprint density at radius 1 is 1.28 bits per heavy atom. The van der Waals surface area contributed by atoms with Crippen LogP contribution in [-0.4, -0.2) is 30.6 Å². The highest BCUT2D eigenvalue weighted by atomic mass is 16.5. The van der Waals surface area contributed by atoms with Crippen molar-refractivity contribution in [2.24, 2.45) is 5.92 Å². The number of rotatable bonds is 4. The van der Waals surface area contributed by atoms with Crippen molar-refractivity contribution in [1.29, 1.82) is 0 Å². The number of hydrogen-bond acceptors (Lipinski definition) is 4. The van der Waals surface area contributed by atoms with Gasteiger partial charge in [-0.05, 0) is 37.1 Å². The number of carbonyl (C=O) groups is 1. The maximum absolute atomic E-state index is 12.9. The Morgan fingerprint density at radius 2 is 2.12 bits per heavy atom. The maximum Gasteiger partial charge on any atom is 0.234 e. The fraction of sp³-hybridized carbons (Fsp3) is 0.300. The molecule has 1 saturated heterocycles. The SMILES string of the molecule is COC1C=CC=C(C2CCN(c3ccc(-c4cnco4)cc3)C2=O)C1. The van der Waals surface area contributed by atoms with Gasteiger partial charge in [0.05, 0.1) is 18.2 Å². The Hall–Kier alpha value is -2.66. The number of aromatic nitrogens is 1. The third-order valence-corrected chi connectivity index (χ3v) is 4.92. The highest BCUT2D eigenvalue weighted by Crippen LogP contribution is 2.34. The van der Waals surface area contributed by atoms with E-state index in [1.165, 1.54) is 12.0 Å². The molecule has 5 nitrogen and oxygen atoms in total. The van der Waals surface area contributed by atoms with Gasteiger partial charge in [-0.15, -0.1) is 0 Å². The van der Waals surface area contributed by atoms with E-state index in [-0.39, 0.29) is 17.9 Å². The van der Waals surface area contributed by atoms with Crippen LogP contribution in [0.3, 0.4) is 0 Å². The molecular formula is C20H20N2O3. The normalized spacial score (nSPS) is 23.2. The van der Waals surface area contributed by atoms with E-state index in [1.807, 2.05) is 41.3 Å². The number of oxazole rings is 1. The molecule has 128 valence electrons. The molecule has 0 saturated carbocycles. The summed E-state index contributed by atoms with van der Waals surface area (Å²) in [6.45, 7) is 0.740. The molecule has 25 heavy (non-hydrogen) atoms. The molecule has 1 fully saturated rings. The molecule has 1 aliphatic heterocycles. The summed E-state index contributed by atoms with van der Waals surface area (Å²) in [5.74, 6) is 0.849. The number of allylic oxidation sites excluding steroid dienone is 2. The summed E-state index contributed by atoms with van der Waals surface area (Å²) in [7, 11) is 1.71. The second-order valence-corrected chi connectivity index (χ2v) is 6.35. The molecule has 0 bridgehead atoms. The van der Waals surface area contributed by atoms with E-state index in [0.717, 1.165) is 36.4 Å². The van der Waals surface area contributed by atoms with Crippen molar-refractivity contribution >= 4 is 11.6 Å². The zero-order valence-electron chi connectivity index (χ0n) is 14.1. The van der Waals surface area contributed by atoms with Crippen LogP contribution < -0.4 is 4.90 Å². The highest BCUT2D eigenvalue weighted by Gasteiger charge is 2.35. The molecule has 1 aromatic carbocycles. The van der Waals surface area contributed by atoms with E-state index in [2.05, 4.69) is 11.1 Å². The third kappa shape index (κ3) is 3.03. The summed E-state index contributed by atoms with van der Waals surface area (Å²) in [6, 6.07) is 7.84. The minimum atomic E-state index is -0.0449. The zero-order chi connectivity index (χ0) is 17.2. The molecule has 2 heterocycles. The van der Waals surface area contributed by atoms with Crippen molar-refractivity contribution in [2.75, 3.05) is 18.6 Å². The summed E-state index contributed by atoms with van der Waals surface area (Å²) in [5, 5.41) is 0. The topological polar surface area (TPSA) is 55.6 Å². The summed E-state index contributed by atoms with van der Waals surface area (Å²) in [5.41, 5.74) is 3.04. The number of carbonyl (C=O) groups excluding carboxylic acids is 1. The van der Waals surface area contributed by atoms with Gasteiger partial charge in [-0.2, -0.15) is 0 Å². The molecule has 0 radical (unpaired) electrons. The Labute approximate surface area is 146 Å². The second-order valence-electron chi connectivity index (χ2n) is 6.35. The lowest BCUT2D eigenvalue weighted by Crippen LogP contribution is -2.28. The first-order valence-corrected chi connectivity index (χ1v) is 8.46. The Kier molecular flexibility index (Phi) is 4.24. The molecule has 0 N–H and O–H groups in total. The molecule has 2 unspecified atom stereocenters. The second kappa shape index (κ2) is 6.69. The standard InChI is InChI=1S/C20H20N2O3/c1-24-17-4-2-3-15(11-17)18-9-10-22(20(18)23)16-7-5-14(6-8-16)19-12-21-13-25-19/h2-8,12-13,17-18H,9-11H2,1H3. The van der Waals surface area contributed by atoms with Crippen molar-refractivity contribution < 1.29 is 13.9 Å². The number of methoxy groups -OCH3 is 1. The molecule has 2 aliphatic rings. The summed E-state index contributed by atoms with van der Waals surface area (Å²) in [6.07, 6.45) is 10.9. The van der Waals surface area contributed by atoms with Crippen LogP contribution in [0.4, 0.5) is 5.69 Å². The summed E-state index contributed by atoms with van der Waals surface area (Å²) in [4.78, 5) is 18.7. The van der Waals surface area contributed by atoms with E-state index in [9.17, 15) is 4.79 Å². The molecule has 5 heteroatoms. The average molecular weight is 336 g/mol. The number of benzene rings is 1. The van der Waals surface area contributed by atoms with Gasteiger partial charge >= 0.3 is 0 Å². The molecule has 1 amide bonds. The average Bonchev–Trinajstić information content (AvgIpc) is 3.32. The first kappa shape index (κ1) is 15.8. The van der Waals surface area contributed by atoms with E-state index in [0.29, 0.717) is 0 Å². The van der Waals surface area contributed by atoms with Gasteiger partial charge in [0.2, 0.25) is 5.91 Å². The third-order valence-electron chi connectivity index (χ3n) is 4.92. The highest BCUT2D eigenvalue weighted by molar-refractivity contribution is 5.99. The van der Waals surface area contributed by atoms with Crippen molar-refractivity contribution in [2.45, 2.75) is 18.9 Å². The molecular weight excluding hydrogens is 316 g/mol. The largest absolute Gasteiger partial charge is 0.444 e. The van der Waals surface area contributed by atoms with Crippen LogP contribution in [0.25, 0.3) is 11.3 Å². The first-order valence-electron chi connectivity index (χ1n) is 8.46. The van der Waals surface area contributed by atoms with Gasteiger partial charge in [0.25, 0.3) is 0 Å². The van der Waals surface area contributed by atoms with Gasteiger partial charge in [-0.25, -0.2) is 4.98 Å². The first-order chi connectivity index (χ1) is 12.3. The molecule has 2 aromatic rings. The smallest absolute Gasteiger partial charge is 0.234 e. The van der Waals surface area contributed by atoms with E-state index in [4.69, 9.17) is 9.15 Å². The van der Waals surface area contributed by atoms with E-state index < -0.39 is 0 Å². The minimum absolute atomic E-state index is 0.0449. The van der Waals surface area contributed by atoms with Gasteiger partial charge in [-0.1, -0.05) is 23.8 Å². The molecule has 1 aromatic heterocycles. The lowest BCUT2D eigenvalue weighted by atomic mass is 9.89. The Morgan fingerprint density at radius 3 is 2.84 bits per heavy atom. The lowest BCUT2D eigenvalue weighted by Gasteiger charge is -2.22. The van der Waals surface area contributed by atoms with Crippen LogP contribution in [-0.2, 0) is 9.53 Å². The predicted molar refractivity (Wildman–Crippen MR) is 95.0 cm³/mol. The monoisotopic (exact) mass is 336 g/mol. The van der Waals surface area contributed by atoms with Crippen LogP contribution >= 0.6 is 0 Å². The number of anilines is 1. The van der Waals surface area contributed by atoms with Crippen LogP contribution in [0.1, 0.15) is 12.8 Å². The van der Waals surface area contributed by atoms with Crippen molar-refractivity contribution in [3.8, 4) is 11.3 Å². The van der Waals surface area contributed by atoms with Crippen molar-refractivity contribution in [3.63, 3.8) is 0 Å². The fourth-order valence-corrected chi connectivity index (χ4v) is 3.54. The number of hydrogen-bond donors (Lipinski definition) is 0. The van der Waals surface area contributed by atoms with Crippen molar-refractivity contribution in [1.82, 2.24) is 4.98 Å². The van der Waals surface area contributed by atoms with Crippen LogP contribution in [0.5, 0.6) is 0 Å². The molecule has 2 atom stereocenters. The summed E-state index contributed by atoms with van der Waals surface area (Å²) >= 11 is 0. The number of ether oxygens (including phenoxy) is 1. The molecule has 4 rings (SSSR count). The minimum Gasteiger partial charge on any atom is -0.444 e. The van der Waals surface area contributed by atoms with Crippen molar-refractivity contribution in [3.05, 3.63) is 60.7 Å². The predicted octanol–water partition coefficient (Wildman–Crippen LogP) is 3.60. The van der Waals surface area contributed by atoms with Crippen LogP contribution in [0.15, 0.2) is 65.1 Å². The van der Waals surface area contributed by atoms with Gasteiger partial charge in [0.15, 0.2) is 12.2 Å². The zero-order valence-corrected chi connectivity index (χ0v) is 14.1. The summed E-state index contributed by atoms with van der Waals surface area (Å²) < 4.78 is 10.7. The van der Waals surface area contributed by atoms with Gasteiger partial charge in [-0.3, -0.25) is 4.79 Å². The fourth-order valence-electron chi connectivity index (χ4n) is 3.54. The Balaban J connectivity index is 1.50. The van der Waals surface area contributed by atoms with Crippen LogP contribution in [0, 0.1) is 5.92 Å². The molecule has 0 spiro atoms. The van der Waals surface area contributed by atoms with Gasteiger partial charge < -0.3 is 14.1 Å². The van der Waals surface area contributed by atoms with Gasteiger partial charge in [0, 0.05) is 24.9 Å². The quantitative estimate of drug-likeness (QED) is 0.856. The van der Waals surface area contributed by atoms with Gasteiger partial charge in [0.1, 0.15) is 0 Å². The van der Waals surface area contributed by atoms with E-state index in [1.54, 1.807) is 13.3 Å². The Bertz CT molecular complexity index is 806. The van der Waals surface area contributed by atoms with Crippen LogP contribution in [0.2, 0.25) is 0 Å². The number of nitrogens with zero attached hydrogens (tertiary/aromatic N) is 2. The van der Waals surface area contributed by atoms with E-state index >= 15 is 0 Å². The molecule has 1 aliphatic carbocycles. The number of amides is 1. The lowest BCUT2D eigenvalue weighted by molar-refractivity contribution is -0.119. The maximum atomic E-state index is 12.9.